The van der Waals surface area contributed by atoms with Gasteiger partial charge in [-0.1, -0.05) is 41.9 Å². The normalized spacial score (nSPS) is 11.6. The van der Waals surface area contributed by atoms with Crippen molar-refractivity contribution in [3.8, 4) is 0 Å². The Balaban J connectivity index is 1.92. The minimum Gasteiger partial charge on any atom is -0.351 e. The molecule has 5 nitrogen and oxygen atoms in total. The molecule has 0 aliphatic rings. The van der Waals surface area contributed by atoms with Gasteiger partial charge < -0.3 is 5.32 Å². The molecule has 0 aromatic heterocycles. The highest BCUT2D eigenvalue weighted by atomic mass is 35.5. The molecular formula is C19H23ClN2O3S2. The molecule has 0 unspecified atom stereocenters. The van der Waals surface area contributed by atoms with Crippen molar-refractivity contribution in [1.82, 2.24) is 10.0 Å². The smallest absolute Gasteiger partial charge is 0.252 e. The van der Waals surface area contributed by atoms with Gasteiger partial charge in [-0.3, -0.25) is 4.79 Å². The van der Waals surface area contributed by atoms with Gasteiger partial charge >= 0.3 is 0 Å². The molecule has 0 bridgehead atoms. The lowest BCUT2D eigenvalue weighted by molar-refractivity contribution is 0.0956. The van der Waals surface area contributed by atoms with Gasteiger partial charge in [0.2, 0.25) is 10.0 Å². The van der Waals surface area contributed by atoms with Gasteiger partial charge in [-0.05, 0) is 37.6 Å². The van der Waals surface area contributed by atoms with Gasteiger partial charge in [-0.2, -0.15) is 11.8 Å². The van der Waals surface area contributed by atoms with Crippen molar-refractivity contribution < 1.29 is 13.2 Å². The van der Waals surface area contributed by atoms with Crippen molar-refractivity contribution in [1.29, 1.82) is 0 Å². The van der Waals surface area contributed by atoms with E-state index in [-0.39, 0.29) is 27.4 Å². The Morgan fingerprint density at radius 2 is 1.85 bits per heavy atom. The molecule has 0 aliphatic heterocycles. The van der Waals surface area contributed by atoms with Gasteiger partial charge in [0.15, 0.2) is 0 Å². The minimum atomic E-state index is -3.68. The maximum Gasteiger partial charge on any atom is 0.252 e. The topological polar surface area (TPSA) is 75.3 Å². The van der Waals surface area contributed by atoms with E-state index in [1.807, 2.05) is 18.2 Å². The van der Waals surface area contributed by atoms with E-state index < -0.39 is 10.0 Å². The summed E-state index contributed by atoms with van der Waals surface area (Å²) in [6, 6.07) is 14.0. The maximum absolute atomic E-state index is 12.4. The van der Waals surface area contributed by atoms with E-state index in [9.17, 15) is 13.2 Å². The Bertz CT molecular complexity index is 872. The highest BCUT2D eigenvalue weighted by molar-refractivity contribution is 7.98. The molecule has 2 aromatic carbocycles. The fourth-order valence-corrected chi connectivity index (χ4v) is 4.62. The predicted molar refractivity (Wildman–Crippen MR) is 112 cm³/mol. The molecule has 146 valence electrons. The molecule has 0 aliphatic carbocycles. The molecule has 0 radical (unpaired) electrons. The van der Waals surface area contributed by atoms with Crippen LogP contribution in [-0.4, -0.2) is 32.7 Å². The van der Waals surface area contributed by atoms with Crippen molar-refractivity contribution >= 4 is 39.3 Å². The van der Waals surface area contributed by atoms with E-state index in [4.69, 9.17) is 11.6 Å². The Kier molecular flexibility index (Phi) is 8.16. The molecule has 8 heteroatoms. The zero-order valence-electron chi connectivity index (χ0n) is 15.2. The van der Waals surface area contributed by atoms with E-state index in [1.54, 1.807) is 25.6 Å². The monoisotopic (exact) mass is 426 g/mol. The average Bonchev–Trinajstić information content (AvgIpc) is 2.61. The lowest BCUT2D eigenvalue weighted by Crippen LogP contribution is -2.31. The summed E-state index contributed by atoms with van der Waals surface area (Å²) in [6.45, 7) is 3.93. The van der Waals surface area contributed by atoms with Gasteiger partial charge in [-0.25, -0.2) is 13.1 Å². The molecule has 2 rings (SSSR count). The van der Waals surface area contributed by atoms with Crippen LogP contribution in [0.5, 0.6) is 0 Å². The number of carbonyl (C=O) groups excluding carboxylic acids is 1. The van der Waals surface area contributed by atoms with Gasteiger partial charge in [0, 0.05) is 24.1 Å². The summed E-state index contributed by atoms with van der Waals surface area (Å²) in [6.07, 6.45) is 0. The van der Waals surface area contributed by atoms with E-state index in [0.29, 0.717) is 6.54 Å². The number of thioether (sulfide) groups is 1. The number of hydrogen-bond donors (Lipinski definition) is 2. The van der Waals surface area contributed by atoms with Crippen molar-refractivity contribution in [3.63, 3.8) is 0 Å². The number of halogens is 1. The average molecular weight is 427 g/mol. The third-order valence-electron chi connectivity index (χ3n) is 3.53. The predicted octanol–water partition coefficient (Wildman–Crippen LogP) is 3.69. The number of hydrogen-bond acceptors (Lipinski definition) is 4. The summed E-state index contributed by atoms with van der Waals surface area (Å²) in [5, 5.41) is 3.00. The zero-order chi connectivity index (χ0) is 19.9. The SMILES string of the molecule is CC(C)NS(=O)(=O)c1ccc(Cl)c(C(=O)NCCSCc2ccccc2)c1. The van der Waals surface area contributed by atoms with Crippen LogP contribution >= 0.6 is 23.4 Å². The molecular weight excluding hydrogens is 404 g/mol. The summed E-state index contributed by atoms with van der Waals surface area (Å²) in [7, 11) is -3.68. The van der Waals surface area contributed by atoms with Crippen molar-refractivity contribution in [2.75, 3.05) is 12.3 Å². The first kappa shape index (κ1) is 21.8. The summed E-state index contributed by atoms with van der Waals surface area (Å²) >= 11 is 7.79. The van der Waals surface area contributed by atoms with Gasteiger partial charge in [0.25, 0.3) is 5.91 Å². The largest absolute Gasteiger partial charge is 0.351 e. The quantitative estimate of drug-likeness (QED) is 0.599. The van der Waals surface area contributed by atoms with E-state index in [0.717, 1.165) is 11.5 Å². The van der Waals surface area contributed by atoms with Crippen LogP contribution in [0.15, 0.2) is 53.4 Å². The first-order valence-corrected chi connectivity index (χ1v) is 11.5. The molecule has 0 spiro atoms. The number of nitrogens with one attached hydrogen (secondary N) is 2. The number of benzene rings is 2. The molecule has 2 aromatic rings. The lowest BCUT2D eigenvalue weighted by Gasteiger charge is -2.12. The molecule has 27 heavy (non-hydrogen) atoms. The first-order valence-electron chi connectivity index (χ1n) is 8.51. The van der Waals surface area contributed by atoms with Crippen LogP contribution in [-0.2, 0) is 15.8 Å². The Morgan fingerprint density at radius 3 is 2.52 bits per heavy atom. The fraction of sp³-hybridized carbons (Fsp3) is 0.316. The van der Waals surface area contributed by atoms with Crippen LogP contribution in [0.4, 0.5) is 0 Å². The second-order valence-electron chi connectivity index (χ2n) is 6.21. The minimum absolute atomic E-state index is 0.0178. The van der Waals surface area contributed by atoms with Crippen LogP contribution in [0.1, 0.15) is 29.8 Å². The fourth-order valence-electron chi connectivity index (χ4n) is 2.32. The summed E-state index contributed by atoms with van der Waals surface area (Å²) in [5.41, 5.74) is 1.38. The summed E-state index contributed by atoms with van der Waals surface area (Å²) in [4.78, 5) is 12.4. The van der Waals surface area contributed by atoms with Gasteiger partial charge in [0.1, 0.15) is 0 Å². The second kappa shape index (κ2) is 10.1. The summed E-state index contributed by atoms with van der Waals surface area (Å²) in [5.74, 6) is 1.22. The molecule has 0 atom stereocenters. The Morgan fingerprint density at radius 1 is 1.15 bits per heavy atom. The van der Waals surface area contributed by atoms with Crippen molar-refractivity contribution in [3.05, 3.63) is 64.7 Å². The van der Waals surface area contributed by atoms with Crippen LogP contribution < -0.4 is 10.0 Å². The van der Waals surface area contributed by atoms with Crippen molar-refractivity contribution in [2.24, 2.45) is 0 Å². The van der Waals surface area contributed by atoms with Crippen LogP contribution in [0.3, 0.4) is 0 Å². The van der Waals surface area contributed by atoms with E-state index in [1.165, 1.54) is 23.8 Å². The maximum atomic E-state index is 12.4. The van der Waals surface area contributed by atoms with E-state index in [2.05, 4.69) is 22.2 Å². The third-order valence-corrected chi connectivity index (χ3v) is 6.54. The number of carbonyl (C=O) groups is 1. The van der Waals surface area contributed by atoms with Gasteiger partial charge in [-0.15, -0.1) is 0 Å². The van der Waals surface area contributed by atoms with Crippen LogP contribution in [0.25, 0.3) is 0 Å². The first-order chi connectivity index (χ1) is 12.8. The molecule has 1 amide bonds. The Labute approximate surface area is 169 Å². The van der Waals surface area contributed by atoms with E-state index >= 15 is 0 Å². The summed E-state index contributed by atoms with van der Waals surface area (Å²) < 4.78 is 27.0. The van der Waals surface area contributed by atoms with Crippen molar-refractivity contribution in [2.45, 2.75) is 30.5 Å². The highest BCUT2D eigenvalue weighted by Crippen LogP contribution is 2.21. The zero-order valence-corrected chi connectivity index (χ0v) is 17.6. The standard InChI is InChI=1S/C19H23ClN2O3S2/c1-14(2)22-27(24,25)16-8-9-18(20)17(12-16)19(23)21-10-11-26-13-15-6-4-3-5-7-15/h3-9,12,14,22H,10-11,13H2,1-2H3,(H,21,23). The van der Waals surface area contributed by atoms with Crippen LogP contribution in [0.2, 0.25) is 5.02 Å². The highest BCUT2D eigenvalue weighted by Gasteiger charge is 2.19. The van der Waals surface area contributed by atoms with Gasteiger partial charge in [0.05, 0.1) is 15.5 Å². The molecule has 0 fully saturated rings. The second-order valence-corrected chi connectivity index (χ2v) is 9.44. The number of rotatable bonds is 9. The molecule has 2 N–H and O–H groups in total. The third kappa shape index (κ3) is 6.84. The lowest BCUT2D eigenvalue weighted by atomic mass is 10.2. The number of sulfonamides is 1. The number of amides is 1. The molecule has 0 saturated heterocycles. The van der Waals surface area contributed by atoms with Crippen LogP contribution in [0, 0.1) is 0 Å². The molecule has 0 saturated carbocycles. The Hall–Kier alpha value is -1.54. The molecule has 0 heterocycles.